The van der Waals surface area contributed by atoms with E-state index in [0.717, 1.165) is 5.75 Å². The molecule has 7 heteroatoms. The summed E-state index contributed by atoms with van der Waals surface area (Å²) >= 11 is 7.37. The number of nitrogens with one attached hydrogen (secondary N) is 1. The van der Waals surface area contributed by atoms with Crippen molar-refractivity contribution in [1.29, 1.82) is 0 Å². The molecule has 0 bridgehead atoms. The van der Waals surface area contributed by atoms with Crippen molar-refractivity contribution in [3.05, 3.63) is 34.9 Å². The fourth-order valence-corrected chi connectivity index (χ4v) is 2.69. The van der Waals surface area contributed by atoms with E-state index in [9.17, 15) is 14.4 Å². The van der Waals surface area contributed by atoms with Crippen molar-refractivity contribution in [2.75, 3.05) is 11.5 Å². The van der Waals surface area contributed by atoms with Gasteiger partial charge in [0.15, 0.2) is 5.78 Å². The minimum atomic E-state index is -1.06. The van der Waals surface area contributed by atoms with Crippen LogP contribution in [0.1, 0.15) is 36.5 Å². The third-order valence-electron chi connectivity index (χ3n) is 3.13. The third-order valence-corrected chi connectivity index (χ3v) is 4.32. The first kappa shape index (κ1) is 19.5. The van der Waals surface area contributed by atoms with Gasteiger partial charge in [-0.05, 0) is 42.2 Å². The van der Waals surface area contributed by atoms with Crippen LogP contribution in [0.4, 0.5) is 0 Å². The first-order valence-corrected chi connectivity index (χ1v) is 8.86. The van der Waals surface area contributed by atoms with Gasteiger partial charge in [-0.2, -0.15) is 11.8 Å². The second kappa shape index (κ2) is 10.3. The zero-order chi connectivity index (χ0) is 17.2. The van der Waals surface area contributed by atoms with Crippen LogP contribution in [-0.4, -0.2) is 40.3 Å². The van der Waals surface area contributed by atoms with Gasteiger partial charge in [-0.15, -0.1) is 0 Å². The second-order valence-corrected chi connectivity index (χ2v) is 6.70. The maximum absolute atomic E-state index is 11.9. The van der Waals surface area contributed by atoms with Gasteiger partial charge < -0.3 is 10.4 Å². The smallest absolute Gasteiger partial charge is 0.326 e. The second-order valence-electron chi connectivity index (χ2n) is 4.87. The number of carboxylic acid groups (broad SMARTS) is 1. The number of benzene rings is 1. The van der Waals surface area contributed by atoms with Crippen LogP contribution in [0, 0.1) is 0 Å². The predicted octanol–water partition coefficient (Wildman–Crippen LogP) is 3.02. The first-order chi connectivity index (χ1) is 10.9. The van der Waals surface area contributed by atoms with Gasteiger partial charge >= 0.3 is 5.97 Å². The first-order valence-electron chi connectivity index (χ1n) is 7.32. The van der Waals surface area contributed by atoms with Gasteiger partial charge in [0.1, 0.15) is 6.04 Å². The quantitative estimate of drug-likeness (QED) is 0.496. The van der Waals surface area contributed by atoms with E-state index in [4.69, 9.17) is 16.7 Å². The van der Waals surface area contributed by atoms with Gasteiger partial charge in [0.25, 0.3) is 0 Å². The summed E-state index contributed by atoms with van der Waals surface area (Å²) in [5, 5.41) is 12.1. The molecule has 1 amide bonds. The van der Waals surface area contributed by atoms with E-state index >= 15 is 0 Å². The number of amides is 1. The number of aliphatic carboxylic acids is 1. The molecular weight excluding hydrogens is 338 g/mol. The predicted molar refractivity (Wildman–Crippen MR) is 92.2 cm³/mol. The average Bonchev–Trinajstić information content (AvgIpc) is 2.52. The molecule has 1 aromatic rings. The molecule has 1 unspecified atom stereocenters. The Balaban J connectivity index is 2.43. The number of ketones is 1. The molecule has 0 radical (unpaired) electrons. The largest absolute Gasteiger partial charge is 0.480 e. The Morgan fingerprint density at radius 2 is 1.87 bits per heavy atom. The number of Topliss-reactive ketones (excluding diaryl/α,β-unsaturated/α-hetero) is 1. The van der Waals surface area contributed by atoms with Gasteiger partial charge in [-0.3, -0.25) is 9.59 Å². The minimum Gasteiger partial charge on any atom is -0.480 e. The molecular formula is C16H20ClNO4S. The SMILES string of the molecule is CCSCCC(NC(=O)CCC(=O)c1ccc(Cl)cc1)C(=O)O. The third kappa shape index (κ3) is 7.52. The van der Waals surface area contributed by atoms with Crippen LogP contribution in [0.2, 0.25) is 5.02 Å². The Labute approximate surface area is 144 Å². The molecule has 23 heavy (non-hydrogen) atoms. The fraction of sp³-hybridized carbons (Fsp3) is 0.438. The van der Waals surface area contributed by atoms with E-state index in [1.807, 2.05) is 6.92 Å². The molecule has 0 aliphatic heterocycles. The number of hydrogen-bond donors (Lipinski definition) is 2. The maximum atomic E-state index is 11.9. The van der Waals surface area contributed by atoms with Crippen molar-refractivity contribution in [2.45, 2.75) is 32.2 Å². The Morgan fingerprint density at radius 1 is 1.22 bits per heavy atom. The standard InChI is InChI=1S/C16H20ClNO4S/c1-2-23-10-9-13(16(21)22)18-15(20)8-7-14(19)11-3-5-12(17)6-4-11/h3-6,13H,2,7-10H2,1H3,(H,18,20)(H,21,22). The Kier molecular flexibility index (Phi) is 8.73. The molecule has 0 heterocycles. The molecule has 126 valence electrons. The van der Waals surface area contributed by atoms with Gasteiger partial charge in [0.2, 0.25) is 5.91 Å². The summed E-state index contributed by atoms with van der Waals surface area (Å²) < 4.78 is 0. The van der Waals surface area contributed by atoms with E-state index in [0.29, 0.717) is 22.8 Å². The highest BCUT2D eigenvalue weighted by Gasteiger charge is 2.20. The highest BCUT2D eigenvalue weighted by Crippen LogP contribution is 2.12. The molecule has 0 spiro atoms. The molecule has 0 saturated heterocycles. The summed E-state index contributed by atoms with van der Waals surface area (Å²) in [6.07, 6.45) is 0.361. The lowest BCUT2D eigenvalue weighted by molar-refractivity contribution is -0.141. The summed E-state index contributed by atoms with van der Waals surface area (Å²) in [4.78, 5) is 34.9. The molecule has 5 nitrogen and oxygen atoms in total. The van der Waals surface area contributed by atoms with Gasteiger partial charge in [-0.25, -0.2) is 4.79 Å². The molecule has 0 aromatic heterocycles. The number of carbonyl (C=O) groups is 3. The van der Waals surface area contributed by atoms with Crippen LogP contribution in [-0.2, 0) is 9.59 Å². The molecule has 1 rings (SSSR count). The van der Waals surface area contributed by atoms with E-state index in [2.05, 4.69) is 5.32 Å². The number of thioether (sulfide) groups is 1. The summed E-state index contributed by atoms with van der Waals surface area (Å²) in [6.45, 7) is 1.99. The zero-order valence-corrected chi connectivity index (χ0v) is 14.5. The van der Waals surface area contributed by atoms with E-state index < -0.39 is 17.9 Å². The lowest BCUT2D eigenvalue weighted by atomic mass is 10.1. The summed E-state index contributed by atoms with van der Waals surface area (Å²) in [7, 11) is 0. The van der Waals surface area contributed by atoms with Crippen molar-refractivity contribution >= 4 is 41.0 Å². The van der Waals surface area contributed by atoms with Crippen molar-refractivity contribution in [3.63, 3.8) is 0 Å². The van der Waals surface area contributed by atoms with Crippen LogP contribution in [0.3, 0.4) is 0 Å². The topological polar surface area (TPSA) is 83.5 Å². The Bertz CT molecular complexity index is 548. The van der Waals surface area contributed by atoms with Crippen molar-refractivity contribution < 1.29 is 19.5 Å². The van der Waals surface area contributed by atoms with Gasteiger partial charge in [-0.1, -0.05) is 18.5 Å². The van der Waals surface area contributed by atoms with Crippen LogP contribution in [0.15, 0.2) is 24.3 Å². The summed E-state index contributed by atoms with van der Waals surface area (Å²) in [5.41, 5.74) is 0.483. The van der Waals surface area contributed by atoms with E-state index in [1.54, 1.807) is 36.0 Å². The van der Waals surface area contributed by atoms with Gasteiger partial charge in [0, 0.05) is 23.4 Å². The highest BCUT2D eigenvalue weighted by atomic mass is 35.5. The fourth-order valence-electron chi connectivity index (χ4n) is 1.88. The average molecular weight is 358 g/mol. The molecule has 0 fully saturated rings. The van der Waals surface area contributed by atoms with Gasteiger partial charge in [0.05, 0.1) is 0 Å². The highest BCUT2D eigenvalue weighted by molar-refractivity contribution is 7.99. The molecule has 1 aromatic carbocycles. The molecule has 2 N–H and O–H groups in total. The van der Waals surface area contributed by atoms with Crippen molar-refractivity contribution in [3.8, 4) is 0 Å². The lowest BCUT2D eigenvalue weighted by Gasteiger charge is -2.14. The molecule has 0 aliphatic carbocycles. The number of rotatable bonds is 10. The normalized spacial score (nSPS) is 11.7. The van der Waals surface area contributed by atoms with Crippen LogP contribution in [0.5, 0.6) is 0 Å². The minimum absolute atomic E-state index is 0.0313. The molecule has 0 saturated carbocycles. The molecule has 1 atom stereocenters. The van der Waals surface area contributed by atoms with Crippen LogP contribution >= 0.6 is 23.4 Å². The number of hydrogen-bond acceptors (Lipinski definition) is 4. The molecule has 0 aliphatic rings. The maximum Gasteiger partial charge on any atom is 0.326 e. The van der Waals surface area contributed by atoms with E-state index in [-0.39, 0.29) is 18.6 Å². The number of carbonyl (C=O) groups excluding carboxylic acids is 2. The number of halogens is 1. The van der Waals surface area contributed by atoms with Crippen molar-refractivity contribution in [2.24, 2.45) is 0 Å². The van der Waals surface area contributed by atoms with Crippen LogP contribution < -0.4 is 5.32 Å². The Morgan fingerprint density at radius 3 is 2.43 bits per heavy atom. The Hall–Kier alpha value is -1.53. The van der Waals surface area contributed by atoms with Crippen molar-refractivity contribution in [1.82, 2.24) is 5.32 Å². The lowest BCUT2D eigenvalue weighted by Crippen LogP contribution is -2.41. The number of carboxylic acids is 1. The van der Waals surface area contributed by atoms with Crippen LogP contribution in [0.25, 0.3) is 0 Å². The van der Waals surface area contributed by atoms with E-state index in [1.165, 1.54) is 0 Å². The summed E-state index contributed by atoms with van der Waals surface area (Å²) in [5.74, 6) is -0.0987. The summed E-state index contributed by atoms with van der Waals surface area (Å²) in [6, 6.07) is 5.52. The monoisotopic (exact) mass is 357 g/mol. The zero-order valence-electron chi connectivity index (χ0n) is 12.9.